The van der Waals surface area contributed by atoms with Gasteiger partial charge in [-0.25, -0.2) is 0 Å². The van der Waals surface area contributed by atoms with Gasteiger partial charge in [0.05, 0.1) is 13.2 Å². The van der Waals surface area contributed by atoms with Crippen molar-refractivity contribution in [3.63, 3.8) is 0 Å². The first-order chi connectivity index (χ1) is 15.6. The van der Waals surface area contributed by atoms with Crippen LogP contribution in [0.5, 0.6) is 0 Å². The van der Waals surface area contributed by atoms with Crippen molar-refractivity contribution in [2.45, 2.75) is 96.4 Å². The molecule has 32 heavy (non-hydrogen) atoms. The Bertz CT molecular complexity index is 650. The molecule has 4 nitrogen and oxygen atoms in total. The van der Waals surface area contributed by atoms with Gasteiger partial charge in [0.1, 0.15) is 0 Å². The number of methoxy groups -OCH3 is 1. The number of anilines is 1. The Morgan fingerprint density at radius 3 is 2.34 bits per heavy atom. The predicted molar refractivity (Wildman–Crippen MR) is 139 cm³/mol. The number of allylic oxidation sites excluding steroid dienone is 1. The summed E-state index contributed by atoms with van der Waals surface area (Å²) in [5.41, 5.74) is 2.38. The van der Waals surface area contributed by atoms with Crippen LogP contribution in [0.15, 0.2) is 41.4 Å². The monoisotopic (exact) mass is 442 g/mol. The maximum Gasteiger partial charge on any atom is 0.305 e. The Morgan fingerprint density at radius 2 is 1.66 bits per heavy atom. The average molecular weight is 443 g/mol. The smallest absolute Gasteiger partial charge is 0.305 e. The highest BCUT2D eigenvalue weighted by Gasteiger charge is 2.04. The van der Waals surface area contributed by atoms with Crippen LogP contribution >= 0.6 is 0 Å². The summed E-state index contributed by atoms with van der Waals surface area (Å²) in [6, 6.07) is 8.96. The van der Waals surface area contributed by atoms with E-state index in [4.69, 9.17) is 4.99 Å². The molecule has 0 heterocycles. The van der Waals surface area contributed by atoms with Crippen LogP contribution in [0.2, 0.25) is 0 Å². The SMILES string of the molecule is CCCCCCC(C/C=C\CCCCCCCC(=O)OC)N=Cc1ccc(N(C)C)cc1. The van der Waals surface area contributed by atoms with Crippen LogP contribution in [0.25, 0.3) is 0 Å². The van der Waals surface area contributed by atoms with Crippen molar-refractivity contribution in [3.05, 3.63) is 42.0 Å². The lowest BCUT2D eigenvalue weighted by molar-refractivity contribution is -0.140. The van der Waals surface area contributed by atoms with Crippen molar-refractivity contribution in [2.24, 2.45) is 4.99 Å². The number of hydrogen-bond acceptors (Lipinski definition) is 4. The zero-order valence-electron chi connectivity index (χ0n) is 21.0. The van der Waals surface area contributed by atoms with E-state index in [1.807, 2.05) is 6.21 Å². The minimum absolute atomic E-state index is 0.0922. The molecule has 0 fully saturated rings. The third-order valence-electron chi connectivity index (χ3n) is 5.79. The number of benzene rings is 1. The van der Waals surface area contributed by atoms with Gasteiger partial charge < -0.3 is 9.64 Å². The largest absolute Gasteiger partial charge is 0.469 e. The van der Waals surface area contributed by atoms with Crippen LogP contribution in [0.3, 0.4) is 0 Å². The second-order valence-corrected chi connectivity index (χ2v) is 8.86. The fraction of sp³-hybridized carbons (Fsp3) is 0.643. The van der Waals surface area contributed by atoms with Gasteiger partial charge in [0.2, 0.25) is 0 Å². The molecule has 1 atom stereocenters. The molecule has 1 rings (SSSR count). The lowest BCUT2D eigenvalue weighted by Crippen LogP contribution is -2.08. The number of hydrogen-bond donors (Lipinski definition) is 0. The lowest BCUT2D eigenvalue weighted by atomic mass is 10.0. The first-order valence-electron chi connectivity index (χ1n) is 12.6. The summed E-state index contributed by atoms with van der Waals surface area (Å²) >= 11 is 0. The summed E-state index contributed by atoms with van der Waals surface area (Å²) in [7, 11) is 5.58. The molecule has 180 valence electrons. The first kappa shape index (κ1) is 27.9. The van der Waals surface area contributed by atoms with E-state index in [0.717, 1.165) is 32.1 Å². The molecule has 0 aliphatic heterocycles. The van der Waals surface area contributed by atoms with E-state index in [0.29, 0.717) is 12.5 Å². The number of aliphatic imine (C=N–C) groups is 1. The number of carbonyl (C=O) groups is 1. The van der Waals surface area contributed by atoms with Gasteiger partial charge in [-0.05, 0) is 49.8 Å². The molecule has 0 N–H and O–H groups in total. The number of nitrogens with zero attached hydrogens (tertiary/aromatic N) is 2. The molecule has 0 amide bonds. The summed E-state index contributed by atoms with van der Waals surface area (Å²) in [4.78, 5) is 18.1. The van der Waals surface area contributed by atoms with Gasteiger partial charge in [-0.2, -0.15) is 0 Å². The van der Waals surface area contributed by atoms with Crippen molar-refractivity contribution >= 4 is 17.9 Å². The highest BCUT2D eigenvalue weighted by molar-refractivity contribution is 5.80. The number of carbonyl (C=O) groups excluding carboxylic acids is 1. The van der Waals surface area contributed by atoms with Crippen molar-refractivity contribution < 1.29 is 9.53 Å². The van der Waals surface area contributed by atoms with Crippen LogP contribution in [0, 0.1) is 0 Å². The molecule has 0 radical (unpaired) electrons. The summed E-state index contributed by atoms with van der Waals surface area (Å²) in [5, 5.41) is 0. The van der Waals surface area contributed by atoms with Gasteiger partial charge in [-0.1, -0.05) is 76.2 Å². The second kappa shape index (κ2) is 18.5. The quantitative estimate of drug-likeness (QED) is 0.103. The van der Waals surface area contributed by atoms with Gasteiger partial charge in [-0.15, -0.1) is 0 Å². The molecule has 1 aromatic rings. The van der Waals surface area contributed by atoms with Crippen molar-refractivity contribution in [1.82, 2.24) is 0 Å². The lowest BCUT2D eigenvalue weighted by Gasteiger charge is -2.12. The average Bonchev–Trinajstić information content (AvgIpc) is 2.80. The van der Waals surface area contributed by atoms with Gasteiger partial charge in [0.15, 0.2) is 0 Å². The van der Waals surface area contributed by atoms with Gasteiger partial charge in [0, 0.05) is 32.4 Å². The van der Waals surface area contributed by atoms with Gasteiger partial charge >= 0.3 is 5.97 Å². The number of rotatable bonds is 18. The Morgan fingerprint density at radius 1 is 0.969 bits per heavy atom. The molecule has 0 aliphatic carbocycles. The van der Waals surface area contributed by atoms with Gasteiger partial charge in [-0.3, -0.25) is 9.79 Å². The zero-order chi connectivity index (χ0) is 23.4. The van der Waals surface area contributed by atoms with E-state index in [9.17, 15) is 4.79 Å². The molecule has 1 unspecified atom stereocenters. The van der Waals surface area contributed by atoms with Crippen LogP contribution < -0.4 is 4.90 Å². The molecule has 0 aliphatic rings. The van der Waals surface area contributed by atoms with Crippen LogP contribution in [-0.4, -0.2) is 39.4 Å². The maximum atomic E-state index is 11.1. The molecule has 0 saturated heterocycles. The standard InChI is InChI=1S/C28H46N2O2/c1-5-6-7-14-17-26(29-24-25-20-22-27(23-21-25)30(2)3)18-15-12-10-8-9-11-13-16-19-28(31)32-4/h12,15,20-24,26H,5-11,13-14,16-19H2,1-4H3/b15-12-,29-24?. The number of esters is 1. The normalized spacial score (nSPS) is 12.5. The summed E-state index contributed by atoms with van der Waals surface area (Å²) < 4.78 is 4.67. The number of ether oxygens (including phenoxy) is 1. The minimum Gasteiger partial charge on any atom is -0.469 e. The molecule has 0 spiro atoms. The van der Waals surface area contributed by atoms with E-state index in [1.165, 1.54) is 63.3 Å². The van der Waals surface area contributed by atoms with Crippen LogP contribution in [-0.2, 0) is 9.53 Å². The minimum atomic E-state index is -0.0922. The Hall–Kier alpha value is -2.10. The fourth-order valence-electron chi connectivity index (χ4n) is 3.65. The molecular formula is C28H46N2O2. The van der Waals surface area contributed by atoms with E-state index in [1.54, 1.807) is 0 Å². The molecular weight excluding hydrogens is 396 g/mol. The maximum absolute atomic E-state index is 11.1. The topological polar surface area (TPSA) is 41.9 Å². The van der Waals surface area contributed by atoms with Crippen molar-refractivity contribution in [2.75, 3.05) is 26.1 Å². The zero-order valence-corrected chi connectivity index (χ0v) is 21.0. The first-order valence-corrected chi connectivity index (χ1v) is 12.6. The third kappa shape index (κ3) is 14.1. The van der Waals surface area contributed by atoms with Crippen LogP contribution in [0.1, 0.15) is 96.0 Å². The molecule has 0 saturated carbocycles. The van der Waals surface area contributed by atoms with Gasteiger partial charge in [0.25, 0.3) is 0 Å². The second-order valence-electron chi connectivity index (χ2n) is 8.86. The predicted octanol–water partition coefficient (Wildman–Crippen LogP) is 7.36. The van der Waals surface area contributed by atoms with Crippen molar-refractivity contribution in [1.29, 1.82) is 0 Å². The van der Waals surface area contributed by atoms with E-state index in [2.05, 4.69) is 67.1 Å². The molecule has 4 heteroatoms. The summed E-state index contributed by atoms with van der Waals surface area (Å²) in [6.45, 7) is 2.26. The van der Waals surface area contributed by atoms with E-state index >= 15 is 0 Å². The molecule has 0 aromatic heterocycles. The van der Waals surface area contributed by atoms with Crippen LogP contribution in [0.4, 0.5) is 5.69 Å². The highest BCUT2D eigenvalue weighted by Crippen LogP contribution is 2.15. The molecule has 1 aromatic carbocycles. The van der Waals surface area contributed by atoms with E-state index < -0.39 is 0 Å². The fourth-order valence-corrected chi connectivity index (χ4v) is 3.65. The van der Waals surface area contributed by atoms with Crippen molar-refractivity contribution in [3.8, 4) is 0 Å². The van der Waals surface area contributed by atoms with E-state index in [-0.39, 0.29) is 5.97 Å². The Balaban J connectivity index is 2.36. The molecule has 0 bridgehead atoms. The summed E-state index contributed by atoms with van der Waals surface area (Å²) in [6.07, 6.45) is 21.4. The number of unbranched alkanes of at least 4 members (excludes halogenated alkanes) is 8. The summed E-state index contributed by atoms with van der Waals surface area (Å²) in [5.74, 6) is -0.0922. The Kier molecular flexibility index (Phi) is 16.1. The highest BCUT2D eigenvalue weighted by atomic mass is 16.5. The third-order valence-corrected chi connectivity index (χ3v) is 5.79. The Labute approximate surface area is 197 Å².